The minimum Gasteiger partial charge on any atom is -0.483 e. The maximum absolute atomic E-state index is 11.9. The average Bonchev–Trinajstić information content (AvgIpc) is 2.53. The van der Waals surface area contributed by atoms with E-state index in [0.29, 0.717) is 18.9 Å². The van der Waals surface area contributed by atoms with Gasteiger partial charge < -0.3 is 10.1 Å². The van der Waals surface area contributed by atoms with E-state index in [-0.39, 0.29) is 12.5 Å². The van der Waals surface area contributed by atoms with Crippen molar-refractivity contribution in [2.75, 3.05) is 13.2 Å². The molecule has 23 heavy (non-hydrogen) atoms. The largest absolute Gasteiger partial charge is 0.483 e. The number of nitrogens with one attached hydrogen (secondary N) is 1. The number of benzene rings is 1. The molecule has 2 rings (SSSR count). The third-order valence-electron chi connectivity index (χ3n) is 3.58. The first-order valence-electron chi connectivity index (χ1n) is 7.96. The van der Waals surface area contributed by atoms with E-state index in [1.807, 2.05) is 31.2 Å². The van der Waals surface area contributed by atoms with Crippen molar-refractivity contribution in [2.45, 2.75) is 33.1 Å². The summed E-state index contributed by atoms with van der Waals surface area (Å²) in [6.45, 7) is 6.84. The molecule has 1 heterocycles. The summed E-state index contributed by atoms with van der Waals surface area (Å²) in [6.07, 6.45) is 2.47. The first-order chi connectivity index (χ1) is 11.1. The van der Waals surface area contributed by atoms with Crippen molar-refractivity contribution in [3.05, 3.63) is 59.4 Å². The van der Waals surface area contributed by atoms with Gasteiger partial charge in [-0.3, -0.25) is 9.78 Å². The minimum atomic E-state index is -0.114. The second kappa shape index (κ2) is 8.32. The Labute approximate surface area is 137 Å². The third kappa shape index (κ3) is 5.40. The zero-order chi connectivity index (χ0) is 16.7. The smallest absolute Gasteiger partial charge is 0.257 e. The van der Waals surface area contributed by atoms with Crippen LogP contribution in [0.15, 0.2) is 42.6 Å². The predicted molar refractivity (Wildman–Crippen MR) is 91.7 cm³/mol. The predicted octanol–water partition coefficient (Wildman–Crippen LogP) is 3.25. The van der Waals surface area contributed by atoms with E-state index in [1.165, 1.54) is 0 Å². The molecule has 0 radical (unpaired) electrons. The van der Waals surface area contributed by atoms with Crippen LogP contribution in [-0.2, 0) is 11.2 Å². The summed E-state index contributed by atoms with van der Waals surface area (Å²) in [6, 6.07) is 11.9. The number of ether oxygens (including phenoxy) is 1. The Morgan fingerprint density at radius 1 is 1.26 bits per heavy atom. The summed E-state index contributed by atoms with van der Waals surface area (Å²) >= 11 is 0. The van der Waals surface area contributed by atoms with Gasteiger partial charge in [0.15, 0.2) is 6.61 Å². The number of amides is 1. The lowest BCUT2D eigenvalue weighted by atomic mass is 10.0. The van der Waals surface area contributed by atoms with Gasteiger partial charge in [0.1, 0.15) is 5.75 Å². The fourth-order valence-corrected chi connectivity index (χ4v) is 2.31. The Balaban J connectivity index is 1.81. The van der Waals surface area contributed by atoms with E-state index in [1.54, 1.807) is 6.20 Å². The number of hydrogen-bond acceptors (Lipinski definition) is 3. The van der Waals surface area contributed by atoms with Gasteiger partial charge in [-0.05, 0) is 42.2 Å². The molecule has 0 fully saturated rings. The van der Waals surface area contributed by atoms with Crippen molar-refractivity contribution in [2.24, 2.45) is 0 Å². The molecule has 0 unspecified atom stereocenters. The standard InChI is InChI=1S/C19H24N2O2/c1-14(2)17-8-7-15(3)12-18(17)23-13-19(22)21-11-9-16-6-4-5-10-20-16/h4-8,10,12,14H,9,11,13H2,1-3H3,(H,21,22). The van der Waals surface area contributed by atoms with Gasteiger partial charge in [0, 0.05) is 24.9 Å². The minimum absolute atomic E-state index is 0.0331. The number of carbonyl (C=O) groups is 1. The molecule has 0 spiro atoms. The monoisotopic (exact) mass is 312 g/mol. The van der Waals surface area contributed by atoms with E-state index in [0.717, 1.165) is 22.6 Å². The van der Waals surface area contributed by atoms with Crippen molar-refractivity contribution in [3.8, 4) is 5.75 Å². The average molecular weight is 312 g/mol. The van der Waals surface area contributed by atoms with Crippen LogP contribution in [0, 0.1) is 6.92 Å². The Morgan fingerprint density at radius 3 is 2.78 bits per heavy atom. The van der Waals surface area contributed by atoms with E-state index in [9.17, 15) is 4.79 Å². The van der Waals surface area contributed by atoms with Crippen LogP contribution in [0.2, 0.25) is 0 Å². The van der Waals surface area contributed by atoms with Crippen LogP contribution in [-0.4, -0.2) is 24.0 Å². The zero-order valence-corrected chi connectivity index (χ0v) is 14.0. The van der Waals surface area contributed by atoms with Crippen LogP contribution >= 0.6 is 0 Å². The molecule has 1 amide bonds. The molecule has 0 atom stereocenters. The fraction of sp³-hybridized carbons (Fsp3) is 0.368. The molecular formula is C19H24N2O2. The lowest BCUT2D eigenvalue weighted by Gasteiger charge is -2.14. The summed E-state index contributed by atoms with van der Waals surface area (Å²) in [5.74, 6) is 1.04. The number of hydrogen-bond donors (Lipinski definition) is 1. The van der Waals surface area contributed by atoms with E-state index >= 15 is 0 Å². The Kier molecular flexibility index (Phi) is 6.15. The third-order valence-corrected chi connectivity index (χ3v) is 3.58. The highest BCUT2D eigenvalue weighted by molar-refractivity contribution is 5.77. The molecule has 4 heteroatoms. The van der Waals surface area contributed by atoms with Crippen LogP contribution in [0.1, 0.15) is 36.6 Å². The molecular weight excluding hydrogens is 288 g/mol. The Bertz CT molecular complexity index is 639. The second-order valence-corrected chi connectivity index (χ2v) is 5.91. The van der Waals surface area contributed by atoms with Crippen LogP contribution < -0.4 is 10.1 Å². The van der Waals surface area contributed by atoms with Gasteiger partial charge in [-0.2, -0.15) is 0 Å². The van der Waals surface area contributed by atoms with Crippen molar-refractivity contribution in [3.63, 3.8) is 0 Å². The van der Waals surface area contributed by atoms with Crippen molar-refractivity contribution in [1.82, 2.24) is 10.3 Å². The van der Waals surface area contributed by atoms with Crippen LogP contribution in [0.25, 0.3) is 0 Å². The first kappa shape index (κ1) is 17.0. The van der Waals surface area contributed by atoms with E-state index < -0.39 is 0 Å². The lowest BCUT2D eigenvalue weighted by Crippen LogP contribution is -2.30. The quantitative estimate of drug-likeness (QED) is 0.854. The highest BCUT2D eigenvalue weighted by Gasteiger charge is 2.10. The van der Waals surface area contributed by atoms with Crippen LogP contribution in [0.3, 0.4) is 0 Å². The molecule has 0 aliphatic heterocycles. The van der Waals surface area contributed by atoms with E-state index in [4.69, 9.17) is 4.74 Å². The molecule has 1 aromatic carbocycles. The van der Waals surface area contributed by atoms with Gasteiger partial charge in [-0.25, -0.2) is 0 Å². The Morgan fingerprint density at radius 2 is 2.09 bits per heavy atom. The lowest BCUT2D eigenvalue weighted by molar-refractivity contribution is -0.123. The van der Waals surface area contributed by atoms with Crippen molar-refractivity contribution < 1.29 is 9.53 Å². The molecule has 4 nitrogen and oxygen atoms in total. The number of pyridine rings is 1. The fourth-order valence-electron chi connectivity index (χ4n) is 2.31. The van der Waals surface area contributed by atoms with Gasteiger partial charge in [-0.1, -0.05) is 32.0 Å². The summed E-state index contributed by atoms with van der Waals surface area (Å²) in [5.41, 5.74) is 3.21. The Hall–Kier alpha value is -2.36. The maximum atomic E-state index is 11.9. The molecule has 2 aromatic rings. The van der Waals surface area contributed by atoms with E-state index in [2.05, 4.69) is 36.3 Å². The number of carbonyl (C=O) groups excluding carboxylic acids is 1. The topological polar surface area (TPSA) is 51.2 Å². The number of aromatic nitrogens is 1. The number of rotatable bonds is 7. The van der Waals surface area contributed by atoms with Crippen molar-refractivity contribution in [1.29, 1.82) is 0 Å². The highest BCUT2D eigenvalue weighted by atomic mass is 16.5. The second-order valence-electron chi connectivity index (χ2n) is 5.91. The molecule has 122 valence electrons. The summed E-state index contributed by atoms with van der Waals surface area (Å²) in [7, 11) is 0. The molecule has 0 aliphatic rings. The zero-order valence-electron chi connectivity index (χ0n) is 14.0. The summed E-state index contributed by atoms with van der Waals surface area (Å²) in [5, 5.41) is 2.86. The van der Waals surface area contributed by atoms with Gasteiger partial charge in [-0.15, -0.1) is 0 Å². The van der Waals surface area contributed by atoms with Gasteiger partial charge in [0.05, 0.1) is 0 Å². The molecule has 1 aromatic heterocycles. The van der Waals surface area contributed by atoms with Crippen LogP contribution in [0.5, 0.6) is 5.75 Å². The van der Waals surface area contributed by atoms with Gasteiger partial charge in [0.2, 0.25) is 0 Å². The number of nitrogens with zero attached hydrogens (tertiary/aromatic N) is 1. The summed E-state index contributed by atoms with van der Waals surface area (Å²) < 4.78 is 5.72. The van der Waals surface area contributed by atoms with Crippen LogP contribution in [0.4, 0.5) is 0 Å². The number of aryl methyl sites for hydroxylation is 1. The molecule has 0 bridgehead atoms. The van der Waals surface area contributed by atoms with Crippen molar-refractivity contribution >= 4 is 5.91 Å². The molecule has 0 saturated carbocycles. The SMILES string of the molecule is Cc1ccc(C(C)C)c(OCC(=O)NCCc2ccccn2)c1. The normalized spacial score (nSPS) is 10.6. The van der Waals surface area contributed by atoms with Gasteiger partial charge in [0.25, 0.3) is 5.91 Å². The molecule has 1 N–H and O–H groups in total. The molecule has 0 aliphatic carbocycles. The maximum Gasteiger partial charge on any atom is 0.257 e. The highest BCUT2D eigenvalue weighted by Crippen LogP contribution is 2.27. The van der Waals surface area contributed by atoms with Gasteiger partial charge >= 0.3 is 0 Å². The summed E-state index contributed by atoms with van der Waals surface area (Å²) in [4.78, 5) is 16.1. The first-order valence-corrected chi connectivity index (χ1v) is 7.96. The molecule has 0 saturated heterocycles.